The van der Waals surface area contributed by atoms with E-state index in [1.807, 2.05) is 12.1 Å². The van der Waals surface area contributed by atoms with Gasteiger partial charge in [-0.25, -0.2) is 0 Å². The van der Waals surface area contributed by atoms with E-state index in [1.54, 1.807) is 6.26 Å². The fourth-order valence-corrected chi connectivity index (χ4v) is 2.21. The molecule has 2 aromatic rings. The van der Waals surface area contributed by atoms with Crippen LogP contribution >= 0.6 is 0 Å². The van der Waals surface area contributed by atoms with Crippen molar-refractivity contribution in [1.82, 2.24) is 4.90 Å². The summed E-state index contributed by atoms with van der Waals surface area (Å²) in [6.45, 7) is 3.47. The maximum atomic E-state index is 5.91. The van der Waals surface area contributed by atoms with E-state index in [1.165, 1.54) is 11.1 Å². The molecule has 0 spiro atoms. The van der Waals surface area contributed by atoms with Gasteiger partial charge in [0.25, 0.3) is 0 Å². The van der Waals surface area contributed by atoms with Gasteiger partial charge in [-0.05, 0) is 31.7 Å². The van der Waals surface area contributed by atoms with Crippen LogP contribution in [-0.4, -0.2) is 18.5 Å². The first-order chi connectivity index (χ1) is 8.70. The van der Waals surface area contributed by atoms with Crippen LogP contribution in [0.15, 0.2) is 47.1 Å². The van der Waals surface area contributed by atoms with Gasteiger partial charge in [0.15, 0.2) is 0 Å². The maximum Gasteiger partial charge on any atom is 0.117 e. The van der Waals surface area contributed by atoms with E-state index in [9.17, 15) is 0 Å². The van der Waals surface area contributed by atoms with Gasteiger partial charge in [-0.2, -0.15) is 0 Å². The highest BCUT2D eigenvalue weighted by molar-refractivity contribution is 5.25. The molecule has 3 nitrogen and oxygen atoms in total. The van der Waals surface area contributed by atoms with Crippen molar-refractivity contribution in [1.29, 1.82) is 0 Å². The van der Waals surface area contributed by atoms with Crippen LogP contribution in [0.4, 0.5) is 0 Å². The number of rotatable bonds is 5. The average molecular weight is 244 g/mol. The predicted octanol–water partition coefficient (Wildman–Crippen LogP) is 2.72. The number of aryl methyl sites for hydroxylation is 1. The van der Waals surface area contributed by atoms with Gasteiger partial charge >= 0.3 is 0 Å². The topological polar surface area (TPSA) is 42.4 Å². The molecule has 2 N–H and O–H groups in total. The molecule has 3 heteroatoms. The Kier molecular flexibility index (Phi) is 4.18. The standard InChI is InChI=1S/C15H20N2O/c1-12-5-3-6-13(9-12)15(10-16)17(2)11-14-7-4-8-18-14/h3-9,15H,10-11,16H2,1-2H3. The molecular formula is C15H20N2O. The summed E-state index contributed by atoms with van der Waals surface area (Å²) in [4.78, 5) is 2.22. The Morgan fingerprint density at radius 1 is 1.28 bits per heavy atom. The van der Waals surface area contributed by atoms with Gasteiger partial charge in [-0.3, -0.25) is 4.90 Å². The molecule has 1 heterocycles. The van der Waals surface area contributed by atoms with Gasteiger partial charge in [-0.1, -0.05) is 29.8 Å². The summed E-state index contributed by atoms with van der Waals surface area (Å²) in [7, 11) is 2.07. The van der Waals surface area contributed by atoms with Crippen LogP contribution in [0.1, 0.15) is 22.9 Å². The van der Waals surface area contributed by atoms with Gasteiger partial charge in [0, 0.05) is 12.6 Å². The zero-order chi connectivity index (χ0) is 13.0. The Labute approximate surface area is 108 Å². The molecule has 0 bridgehead atoms. The molecule has 18 heavy (non-hydrogen) atoms. The first kappa shape index (κ1) is 12.9. The zero-order valence-electron chi connectivity index (χ0n) is 11.0. The van der Waals surface area contributed by atoms with Gasteiger partial charge in [-0.15, -0.1) is 0 Å². The molecule has 0 radical (unpaired) electrons. The SMILES string of the molecule is Cc1cccc(C(CN)N(C)Cc2ccco2)c1. The molecule has 0 aliphatic carbocycles. The molecule has 1 aromatic carbocycles. The minimum atomic E-state index is 0.218. The molecule has 96 valence electrons. The summed E-state index contributed by atoms with van der Waals surface area (Å²) in [5.74, 6) is 0.962. The smallest absolute Gasteiger partial charge is 0.117 e. The van der Waals surface area contributed by atoms with Crippen LogP contribution in [0.5, 0.6) is 0 Å². The van der Waals surface area contributed by atoms with Crippen LogP contribution in [-0.2, 0) is 6.54 Å². The van der Waals surface area contributed by atoms with Gasteiger partial charge < -0.3 is 10.2 Å². The Morgan fingerprint density at radius 3 is 2.72 bits per heavy atom. The number of likely N-dealkylation sites (N-methyl/N-ethyl adjacent to an activating group) is 1. The number of furan rings is 1. The molecule has 0 aliphatic rings. The third-order valence-electron chi connectivity index (χ3n) is 3.17. The second-order valence-corrected chi connectivity index (χ2v) is 4.66. The Balaban J connectivity index is 2.12. The summed E-state index contributed by atoms with van der Waals surface area (Å²) in [6, 6.07) is 12.6. The number of nitrogens with two attached hydrogens (primary N) is 1. The van der Waals surface area contributed by atoms with Crippen LogP contribution in [0, 0.1) is 6.92 Å². The van der Waals surface area contributed by atoms with Crippen molar-refractivity contribution < 1.29 is 4.42 Å². The Hall–Kier alpha value is -1.58. The summed E-state index contributed by atoms with van der Waals surface area (Å²) in [6.07, 6.45) is 1.70. The number of nitrogens with zero attached hydrogens (tertiary/aromatic N) is 1. The van der Waals surface area contributed by atoms with E-state index in [0.717, 1.165) is 12.3 Å². The second-order valence-electron chi connectivity index (χ2n) is 4.66. The Morgan fingerprint density at radius 2 is 2.11 bits per heavy atom. The van der Waals surface area contributed by atoms with Gasteiger partial charge in [0.2, 0.25) is 0 Å². The largest absolute Gasteiger partial charge is 0.468 e. The predicted molar refractivity (Wildman–Crippen MR) is 73.1 cm³/mol. The van der Waals surface area contributed by atoms with Crippen molar-refractivity contribution in [2.24, 2.45) is 5.73 Å². The maximum absolute atomic E-state index is 5.91. The highest BCUT2D eigenvalue weighted by Crippen LogP contribution is 2.21. The highest BCUT2D eigenvalue weighted by Gasteiger charge is 2.16. The van der Waals surface area contributed by atoms with E-state index >= 15 is 0 Å². The normalized spacial score (nSPS) is 12.9. The molecule has 0 saturated carbocycles. The van der Waals surface area contributed by atoms with Crippen molar-refractivity contribution >= 4 is 0 Å². The van der Waals surface area contributed by atoms with E-state index in [0.29, 0.717) is 6.54 Å². The average Bonchev–Trinajstić information content (AvgIpc) is 2.83. The van der Waals surface area contributed by atoms with Crippen molar-refractivity contribution in [3.8, 4) is 0 Å². The second kappa shape index (κ2) is 5.85. The minimum Gasteiger partial charge on any atom is -0.468 e. The Bertz CT molecular complexity index is 479. The van der Waals surface area contributed by atoms with E-state index in [4.69, 9.17) is 10.2 Å². The van der Waals surface area contributed by atoms with E-state index < -0.39 is 0 Å². The van der Waals surface area contributed by atoms with Crippen LogP contribution in [0.3, 0.4) is 0 Å². The van der Waals surface area contributed by atoms with Gasteiger partial charge in [0.1, 0.15) is 5.76 Å². The summed E-state index contributed by atoms with van der Waals surface area (Å²) < 4.78 is 5.38. The fraction of sp³-hybridized carbons (Fsp3) is 0.333. The van der Waals surface area contributed by atoms with Crippen molar-refractivity contribution in [3.63, 3.8) is 0 Å². The molecule has 0 fully saturated rings. The first-order valence-electron chi connectivity index (χ1n) is 6.20. The molecule has 1 aromatic heterocycles. The lowest BCUT2D eigenvalue weighted by atomic mass is 10.0. The number of hydrogen-bond acceptors (Lipinski definition) is 3. The van der Waals surface area contributed by atoms with Crippen LogP contribution in [0.2, 0.25) is 0 Å². The van der Waals surface area contributed by atoms with Gasteiger partial charge in [0.05, 0.1) is 12.8 Å². The molecule has 0 amide bonds. The van der Waals surface area contributed by atoms with E-state index in [-0.39, 0.29) is 6.04 Å². The molecule has 1 unspecified atom stereocenters. The lowest BCUT2D eigenvalue weighted by Gasteiger charge is -2.26. The molecule has 1 atom stereocenters. The van der Waals surface area contributed by atoms with E-state index in [2.05, 4.69) is 43.1 Å². The van der Waals surface area contributed by atoms with Crippen LogP contribution < -0.4 is 5.73 Å². The quantitative estimate of drug-likeness (QED) is 0.879. The molecule has 2 rings (SSSR count). The van der Waals surface area contributed by atoms with Crippen molar-refractivity contribution in [2.45, 2.75) is 19.5 Å². The minimum absolute atomic E-state index is 0.218. The monoisotopic (exact) mass is 244 g/mol. The number of hydrogen-bond donors (Lipinski definition) is 1. The van der Waals surface area contributed by atoms with Crippen LogP contribution in [0.25, 0.3) is 0 Å². The molecule has 0 aliphatic heterocycles. The third kappa shape index (κ3) is 3.00. The summed E-state index contributed by atoms with van der Waals surface area (Å²) in [5, 5.41) is 0. The molecule has 0 saturated heterocycles. The fourth-order valence-electron chi connectivity index (χ4n) is 2.21. The third-order valence-corrected chi connectivity index (χ3v) is 3.17. The first-order valence-corrected chi connectivity index (χ1v) is 6.20. The summed E-state index contributed by atoms with van der Waals surface area (Å²) in [5.41, 5.74) is 8.43. The highest BCUT2D eigenvalue weighted by atomic mass is 16.3. The zero-order valence-corrected chi connectivity index (χ0v) is 11.0. The molecular weight excluding hydrogens is 224 g/mol. The van der Waals surface area contributed by atoms with Crippen molar-refractivity contribution in [2.75, 3.05) is 13.6 Å². The summed E-state index contributed by atoms with van der Waals surface area (Å²) >= 11 is 0. The number of benzene rings is 1. The lowest BCUT2D eigenvalue weighted by molar-refractivity contribution is 0.223. The lowest BCUT2D eigenvalue weighted by Crippen LogP contribution is -2.30. The van der Waals surface area contributed by atoms with Crippen molar-refractivity contribution in [3.05, 3.63) is 59.5 Å².